The topological polar surface area (TPSA) is 74.6 Å². The summed E-state index contributed by atoms with van der Waals surface area (Å²) in [6.45, 7) is 28.4. The molecule has 0 heterocycles. The van der Waals surface area contributed by atoms with Gasteiger partial charge in [0.25, 0.3) is 0 Å². The van der Waals surface area contributed by atoms with Gasteiger partial charge in [-0.15, -0.1) is 0 Å². The first-order valence-corrected chi connectivity index (χ1v) is 11.2. The highest BCUT2D eigenvalue weighted by molar-refractivity contribution is 5.67. The third kappa shape index (κ3) is 15.9. The highest BCUT2D eigenvalue weighted by Crippen LogP contribution is 2.04. The van der Waals surface area contributed by atoms with Crippen molar-refractivity contribution in [3.63, 3.8) is 0 Å². The second-order valence-electron chi connectivity index (χ2n) is 7.21. The molecule has 0 amide bonds. The van der Waals surface area contributed by atoms with Crippen molar-refractivity contribution in [3.8, 4) is 0 Å². The molecule has 0 aromatic rings. The van der Waals surface area contributed by atoms with Crippen molar-refractivity contribution in [2.75, 3.05) is 52.4 Å². The third-order valence-corrected chi connectivity index (χ3v) is 6.40. The lowest BCUT2D eigenvalue weighted by atomic mass is 10.2. The van der Waals surface area contributed by atoms with Crippen LogP contribution in [0.25, 0.3) is 0 Å². The molecule has 0 unspecified atom stereocenters. The van der Waals surface area contributed by atoms with Gasteiger partial charge in [-0.3, -0.25) is 9.59 Å². The smallest absolute Gasteiger partial charge is 0.303 e. The Morgan fingerprint density at radius 1 is 0.500 bits per heavy atom. The molecule has 2 N–H and O–H groups in total. The van der Waals surface area contributed by atoms with E-state index in [4.69, 9.17) is 10.2 Å². The van der Waals surface area contributed by atoms with Crippen LogP contribution < -0.4 is 0 Å². The van der Waals surface area contributed by atoms with Gasteiger partial charge >= 0.3 is 11.9 Å². The Balaban J connectivity index is -0.000000336. The van der Waals surface area contributed by atoms with Gasteiger partial charge in [0, 0.05) is 12.8 Å². The van der Waals surface area contributed by atoms with Crippen LogP contribution in [0.1, 0.15) is 81.1 Å². The van der Waals surface area contributed by atoms with E-state index in [1.54, 1.807) is 0 Å². The second-order valence-corrected chi connectivity index (χ2v) is 7.21. The molecule has 0 aromatic heterocycles. The van der Waals surface area contributed by atoms with Gasteiger partial charge in [0.15, 0.2) is 0 Å². The molecule has 0 bridgehead atoms. The van der Waals surface area contributed by atoms with Crippen LogP contribution in [-0.4, -0.2) is 83.5 Å². The van der Waals surface area contributed by atoms with Gasteiger partial charge in [-0.25, -0.2) is 0 Å². The SMILES string of the molecule is CC[N+](CC)(CC)CC.CC[N+](CC)(CC)CC.O=C(O)CCCCC(=O)O. The van der Waals surface area contributed by atoms with E-state index >= 15 is 0 Å². The fourth-order valence-corrected chi connectivity index (χ4v) is 3.24. The van der Waals surface area contributed by atoms with Crippen LogP contribution >= 0.6 is 0 Å². The van der Waals surface area contributed by atoms with Crippen LogP contribution in [0.15, 0.2) is 0 Å². The Kier molecular flexibility index (Phi) is 21.6. The lowest BCUT2D eigenvalue weighted by Gasteiger charge is -2.34. The van der Waals surface area contributed by atoms with Crippen molar-refractivity contribution in [2.24, 2.45) is 0 Å². The van der Waals surface area contributed by atoms with Crippen LogP contribution in [0, 0.1) is 0 Å². The molecule has 0 fully saturated rings. The highest BCUT2D eigenvalue weighted by Gasteiger charge is 2.16. The Morgan fingerprint density at radius 3 is 0.750 bits per heavy atom. The van der Waals surface area contributed by atoms with E-state index in [0.29, 0.717) is 12.8 Å². The minimum absolute atomic E-state index is 0.0628. The molecule has 170 valence electrons. The number of carboxylic acid groups (broad SMARTS) is 2. The zero-order chi connectivity index (χ0) is 22.6. The minimum Gasteiger partial charge on any atom is -0.481 e. The summed E-state index contributed by atoms with van der Waals surface area (Å²) in [7, 11) is 0. The van der Waals surface area contributed by atoms with Crippen molar-refractivity contribution in [3.05, 3.63) is 0 Å². The van der Waals surface area contributed by atoms with E-state index in [1.165, 1.54) is 61.3 Å². The zero-order valence-electron chi connectivity index (χ0n) is 20.1. The molecular formula is C22H50N2O4+2. The van der Waals surface area contributed by atoms with Gasteiger partial charge in [0.1, 0.15) is 0 Å². The molecule has 6 heteroatoms. The number of hydrogen-bond acceptors (Lipinski definition) is 2. The first kappa shape index (κ1) is 31.6. The van der Waals surface area contributed by atoms with Crippen molar-refractivity contribution in [1.29, 1.82) is 0 Å². The Morgan fingerprint density at radius 2 is 0.679 bits per heavy atom. The average molecular weight is 407 g/mol. The normalized spacial score (nSPS) is 11.0. The fraction of sp³-hybridized carbons (Fsp3) is 0.909. The molecule has 0 aliphatic rings. The van der Waals surface area contributed by atoms with Crippen LogP contribution in [-0.2, 0) is 9.59 Å². The number of nitrogens with zero attached hydrogens (tertiary/aromatic N) is 2. The molecule has 0 aromatic carbocycles. The second kappa shape index (κ2) is 19.2. The number of carboxylic acids is 2. The van der Waals surface area contributed by atoms with Crippen molar-refractivity contribution in [2.45, 2.75) is 81.1 Å². The highest BCUT2D eigenvalue weighted by atomic mass is 16.4. The molecule has 0 aliphatic heterocycles. The van der Waals surface area contributed by atoms with Gasteiger partial charge in [-0.2, -0.15) is 0 Å². The van der Waals surface area contributed by atoms with Gasteiger partial charge in [-0.05, 0) is 68.2 Å². The van der Waals surface area contributed by atoms with E-state index in [9.17, 15) is 9.59 Å². The molecule has 0 spiro atoms. The van der Waals surface area contributed by atoms with E-state index in [-0.39, 0.29) is 12.8 Å². The minimum atomic E-state index is -0.870. The molecule has 6 nitrogen and oxygen atoms in total. The predicted octanol–water partition coefficient (Wildman–Crippen LogP) is 4.48. The lowest BCUT2D eigenvalue weighted by molar-refractivity contribution is -0.921. The summed E-state index contributed by atoms with van der Waals surface area (Å²) >= 11 is 0. The first-order chi connectivity index (χ1) is 13.1. The number of rotatable bonds is 13. The molecule has 0 saturated heterocycles. The molecule has 0 saturated carbocycles. The van der Waals surface area contributed by atoms with Crippen LogP contribution in [0.2, 0.25) is 0 Å². The van der Waals surface area contributed by atoms with Crippen LogP contribution in [0.3, 0.4) is 0 Å². The van der Waals surface area contributed by atoms with E-state index in [2.05, 4.69) is 55.4 Å². The van der Waals surface area contributed by atoms with Crippen LogP contribution in [0.4, 0.5) is 0 Å². The summed E-state index contributed by atoms with van der Waals surface area (Å²) in [5.41, 5.74) is 0. The number of aliphatic carboxylic acids is 2. The summed E-state index contributed by atoms with van der Waals surface area (Å²) < 4.78 is 2.56. The number of quaternary nitrogens is 2. The fourth-order valence-electron chi connectivity index (χ4n) is 3.24. The van der Waals surface area contributed by atoms with E-state index in [0.717, 1.165) is 0 Å². The van der Waals surface area contributed by atoms with E-state index in [1.807, 2.05) is 0 Å². The molecule has 0 rings (SSSR count). The summed E-state index contributed by atoms with van der Waals surface area (Å²) in [4.78, 5) is 19.8. The quantitative estimate of drug-likeness (QED) is 0.349. The average Bonchev–Trinajstić information content (AvgIpc) is 2.70. The Bertz CT molecular complexity index is 308. The molecule has 28 heavy (non-hydrogen) atoms. The zero-order valence-corrected chi connectivity index (χ0v) is 20.1. The molecule has 0 atom stereocenters. The molecule has 0 radical (unpaired) electrons. The number of unbranched alkanes of at least 4 members (excludes halogenated alkanes) is 1. The lowest BCUT2D eigenvalue weighted by Crippen LogP contribution is -2.47. The Hall–Kier alpha value is -1.14. The van der Waals surface area contributed by atoms with Gasteiger partial charge in [-0.1, -0.05) is 0 Å². The van der Waals surface area contributed by atoms with Crippen LogP contribution in [0.5, 0.6) is 0 Å². The summed E-state index contributed by atoms with van der Waals surface area (Å²) in [6.07, 6.45) is 1.02. The van der Waals surface area contributed by atoms with Crippen molar-refractivity contribution in [1.82, 2.24) is 0 Å². The number of carbonyl (C=O) groups is 2. The molecular weight excluding hydrogens is 356 g/mol. The van der Waals surface area contributed by atoms with Crippen molar-refractivity contribution >= 4 is 11.9 Å². The van der Waals surface area contributed by atoms with Crippen molar-refractivity contribution < 1.29 is 28.8 Å². The maximum atomic E-state index is 9.90. The predicted molar refractivity (Wildman–Crippen MR) is 119 cm³/mol. The first-order valence-electron chi connectivity index (χ1n) is 11.2. The summed E-state index contributed by atoms with van der Waals surface area (Å²) in [5, 5.41) is 16.3. The van der Waals surface area contributed by atoms with Gasteiger partial charge in [0.05, 0.1) is 52.4 Å². The summed E-state index contributed by atoms with van der Waals surface area (Å²) in [5.74, 6) is -1.74. The molecule has 0 aliphatic carbocycles. The maximum Gasteiger partial charge on any atom is 0.303 e. The maximum absolute atomic E-state index is 9.90. The van der Waals surface area contributed by atoms with E-state index < -0.39 is 11.9 Å². The number of hydrogen-bond donors (Lipinski definition) is 2. The third-order valence-electron chi connectivity index (χ3n) is 6.40. The summed E-state index contributed by atoms with van der Waals surface area (Å²) in [6, 6.07) is 0. The largest absolute Gasteiger partial charge is 0.481 e. The van der Waals surface area contributed by atoms with Gasteiger partial charge in [0.2, 0.25) is 0 Å². The Labute approximate surface area is 174 Å². The van der Waals surface area contributed by atoms with Gasteiger partial charge < -0.3 is 19.2 Å². The monoisotopic (exact) mass is 406 g/mol. The standard InChI is InChI=1S/2C8H20N.C6H10O4/c2*1-5-9(6-2,7-3)8-4;7-5(8)3-1-2-4-6(9)10/h2*5-8H2,1-4H3;1-4H2,(H,7,8)(H,9,10)/q2*+1;.